The molecule has 144 valence electrons. The minimum Gasteiger partial charge on any atom is -0.362 e. The Morgan fingerprint density at radius 3 is 2.70 bits per heavy atom. The highest BCUT2D eigenvalue weighted by atomic mass is 16.2. The number of benzene rings is 1. The van der Waals surface area contributed by atoms with E-state index in [1.165, 1.54) is 6.42 Å². The van der Waals surface area contributed by atoms with Gasteiger partial charge in [-0.1, -0.05) is 19.1 Å². The van der Waals surface area contributed by atoms with Crippen LogP contribution in [0.2, 0.25) is 0 Å². The zero-order valence-electron chi connectivity index (χ0n) is 16.1. The highest BCUT2D eigenvalue weighted by Crippen LogP contribution is 2.58. The Balaban J connectivity index is 1.43. The molecule has 0 aromatic heterocycles. The first kappa shape index (κ1) is 17.1. The fourth-order valence-electron chi connectivity index (χ4n) is 6.16. The fourth-order valence-corrected chi connectivity index (χ4v) is 6.16. The largest absolute Gasteiger partial charge is 0.362 e. The van der Waals surface area contributed by atoms with Gasteiger partial charge in [-0.2, -0.15) is 0 Å². The third kappa shape index (κ3) is 2.58. The predicted molar refractivity (Wildman–Crippen MR) is 104 cm³/mol. The smallest absolute Gasteiger partial charge is 0.255 e. The van der Waals surface area contributed by atoms with Crippen molar-refractivity contribution < 1.29 is 9.59 Å². The van der Waals surface area contributed by atoms with Crippen LogP contribution in [0.4, 0.5) is 5.69 Å². The van der Waals surface area contributed by atoms with E-state index in [1.807, 2.05) is 24.3 Å². The summed E-state index contributed by atoms with van der Waals surface area (Å²) in [5.74, 6) is 0.768. The molecular formula is C22H29N3O2. The number of anilines is 1. The number of nitrogens with one attached hydrogen (secondary N) is 2. The molecule has 4 unspecified atom stereocenters. The Kier molecular flexibility index (Phi) is 3.78. The molecule has 2 heterocycles. The quantitative estimate of drug-likeness (QED) is 0.800. The molecule has 2 amide bonds. The van der Waals surface area contributed by atoms with Crippen molar-refractivity contribution >= 4 is 17.5 Å². The third-order valence-corrected chi connectivity index (χ3v) is 7.64. The summed E-state index contributed by atoms with van der Waals surface area (Å²) in [6, 6.07) is 7.75. The molecule has 5 nitrogen and oxygen atoms in total. The molecule has 1 aromatic rings. The van der Waals surface area contributed by atoms with Crippen LogP contribution in [-0.4, -0.2) is 35.5 Å². The molecule has 3 saturated carbocycles. The van der Waals surface area contributed by atoms with Gasteiger partial charge >= 0.3 is 0 Å². The summed E-state index contributed by atoms with van der Waals surface area (Å²) in [5.41, 5.74) is 1.18. The summed E-state index contributed by atoms with van der Waals surface area (Å²) in [6.45, 7) is 4.11. The lowest BCUT2D eigenvalue weighted by Crippen LogP contribution is -2.70. The third-order valence-electron chi connectivity index (χ3n) is 7.64. The van der Waals surface area contributed by atoms with Crippen molar-refractivity contribution in [3.05, 3.63) is 29.8 Å². The normalized spacial score (nSPS) is 37.5. The number of nitrogens with zero attached hydrogens (tertiary/aromatic N) is 1. The van der Waals surface area contributed by atoms with Gasteiger partial charge in [0.2, 0.25) is 5.91 Å². The van der Waals surface area contributed by atoms with Gasteiger partial charge in [-0.05, 0) is 62.5 Å². The van der Waals surface area contributed by atoms with Crippen LogP contribution in [0.25, 0.3) is 0 Å². The number of piperidine rings is 1. The average molecular weight is 367 g/mol. The maximum Gasteiger partial charge on any atom is 0.255 e. The number of fused-ring (bicyclic) bond motifs is 3. The maximum absolute atomic E-state index is 13.3. The average Bonchev–Trinajstić information content (AvgIpc) is 2.68. The Labute approximate surface area is 160 Å². The molecular weight excluding hydrogens is 338 g/mol. The molecule has 1 aromatic carbocycles. The SMILES string of the molecule is CC12CCC(CC1C(=O)N1CCCCC1)C1(C2)NC(=O)c2ccccc2N1. The summed E-state index contributed by atoms with van der Waals surface area (Å²) in [6.07, 6.45) is 7.36. The van der Waals surface area contributed by atoms with Crippen LogP contribution in [0.1, 0.15) is 62.2 Å². The number of carbonyl (C=O) groups is 2. The molecule has 6 rings (SSSR count). The van der Waals surface area contributed by atoms with Gasteiger partial charge in [0.25, 0.3) is 5.91 Å². The number of amides is 2. The van der Waals surface area contributed by atoms with E-state index >= 15 is 0 Å². The number of carbonyl (C=O) groups excluding carboxylic acids is 2. The monoisotopic (exact) mass is 367 g/mol. The van der Waals surface area contributed by atoms with E-state index in [9.17, 15) is 9.59 Å². The molecule has 5 heteroatoms. The zero-order chi connectivity index (χ0) is 18.6. The summed E-state index contributed by atoms with van der Waals surface area (Å²) in [5, 5.41) is 6.99. The number of hydrogen-bond acceptors (Lipinski definition) is 3. The highest BCUT2D eigenvalue weighted by molar-refractivity contribution is 6.02. The van der Waals surface area contributed by atoms with E-state index in [0.29, 0.717) is 11.8 Å². The summed E-state index contributed by atoms with van der Waals surface area (Å²) >= 11 is 0. The van der Waals surface area contributed by atoms with Gasteiger partial charge in [0.1, 0.15) is 5.66 Å². The Hall–Kier alpha value is -2.04. The molecule has 2 aliphatic heterocycles. The molecule has 0 radical (unpaired) electrons. The van der Waals surface area contributed by atoms with Crippen LogP contribution in [0.15, 0.2) is 24.3 Å². The number of likely N-dealkylation sites (tertiary alicyclic amines) is 1. The van der Waals surface area contributed by atoms with Gasteiger partial charge in [-0.15, -0.1) is 0 Å². The van der Waals surface area contributed by atoms with Crippen molar-refractivity contribution in [3.8, 4) is 0 Å². The van der Waals surface area contributed by atoms with Gasteiger partial charge < -0.3 is 15.5 Å². The fraction of sp³-hybridized carbons (Fsp3) is 0.636. The van der Waals surface area contributed by atoms with Crippen molar-refractivity contribution in [2.24, 2.45) is 17.3 Å². The van der Waals surface area contributed by atoms with Gasteiger partial charge in [0, 0.05) is 30.6 Å². The molecule has 2 N–H and O–H groups in total. The molecule has 1 spiro atoms. The molecule has 5 aliphatic rings. The summed E-state index contributed by atoms with van der Waals surface area (Å²) < 4.78 is 0. The van der Waals surface area contributed by atoms with E-state index in [4.69, 9.17) is 0 Å². The lowest BCUT2D eigenvalue weighted by Gasteiger charge is -2.61. The second kappa shape index (κ2) is 5.98. The van der Waals surface area contributed by atoms with Crippen molar-refractivity contribution in [2.75, 3.05) is 18.4 Å². The standard InChI is InChI=1S/C22H29N3O2/c1-21-10-9-15(13-17(21)20(27)25-11-5-2-6-12-25)22(14-21)23-18-8-4-3-7-16(18)19(26)24-22/h3-4,7-8,15,17,23H,2,5-6,9-14H2,1H3,(H,24,26). The van der Waals surface area contributed by atoms with Crippen LogP contribution in [0, 0.1) is 17.3 Å². The summed E-state index contributed by atoms with van der Waals surface area (Å²) in [4.78, 5) is 28.2. The lowest BCUT2D eigenvalue weighted by molar-refractivity contribution is -0.151. The lowest BCUT2D eigenvalue weighted by atomic mass is 9.51. The minimum atomic E-state index is -0.406. The molecule has 4 atom stereocenters. The number of hydrogen-bond donors (Lipinski definition) is 2. The van der Waals surface area contributed by atoms with Gasteiger partial charge in [0.15, 0.2) is 0 Å². The van der Waals surface area contributed by atoms with Crippen LogP contribution in [0.5, 0.6) is 0 Å². The van der Waals surface area contributed by atoms with Crippen LogP contribution < -0.4 is 10.6 Å². The first-order valence-corrected chi connectivity index (χ1v) is 10.5. The number of para-hydroxylation sites is 1. The second-order valence-corrected chi connectivity index (χ2v) is 9.34. The first-order chi connectivity index (χ1) is 13.0. The van der Waals surface area contributed by atoms with E-state index < -0.39 is 5.66 Å². The van der Waals surface area contributed by atoms with E-state index in [2.05, 4.69) is 22.5 Å². The second-order valence-electron chi connectivity index (χ2n) is 9.34. The van der Waals surface area contributed by atoms with Crippen LogP contribution in [-0.2, 0) is 4.79 Å². The van der Waals surface area contributed by atoms with Crippen molar-refractivity contribution in [1.82, 2.24) is 10.2 Å². The van der Waals surface area contributed by atoms with Crippen molar-refractivity contribution in [3.63, 3.8) is 0 Å². The topological polar surface area (TPSA) is 61.4 Å². The van der Waals surface area contributed by atoms with Gasteiger partial charge in [-0.25, -0.2) is 0 Å². The van der Waals surface area contributed by atoms with E-state index in [1.54, 1.807) is 0 Å². The van der Waals surface area contributed by atoms with E-state index in [0.717, 1.165) is 62.9 Å². The minimum absolute atomic E-state index is 0.0133. The first-order valence-electron chi connectivity index (χ1n) is 10.5. The molecule has 3 aliphatic carbocycles. The summed E-state index contributed by atoms with van der Waals surface area (Å²) in [7, 11) is 0. The highest BCUT2D eigenvalue weighted by Gasteiger charge is 2.60. The Morgan fingerprint density at radius 1 is 1.15 bits per heavy atom. The van der Waals surface area contributed by atoms with Gasteiger partial charge in [-0.3, -0.25) is 9.59 Å². The zero-order valence-corrected chi connectivity index (χ0v) is 16.1. The molecule has 4 fully saturated rings. The molecule has 1 saturated heterocycles. The molecule has 27 heavy (non-hydrogen) atoms. The van der Waals surface area contributed by atoms with Crippen LogP contribution in [0.3, 0.4) is 0 Å². The van der Waals surface area contributed by atoms with Crippen LogP contribution >= 0.6 is 0 Å². The Morgan fingerprint density at radius 2 is 1.93 bits per heavy atom. The van der Waals surface area contributed by atoms with Gasteiger partial charge in [0.05, 0.1) is 5.56 Å². The van der Waals surface area contributed by atoms with Crippen molar-refractivity contribution in [2.45, 2.75) is 57.5 Å². The predicted octanol–water partition coefficient (Wildman–Crippen LogP) is 3.38. The Bertz CT molecular complexity index is 788. The maximum atomic E-state index is 13.3. The molecule has 2 bridgehead atoms. The van der Waals surface area contributed by atoms with E-state index in [-0.39, 0.29) is 17.2 Å². The number of rotatable bonds is 1. The van der Waals surface area contributed by atoms with Crippen molar-refractivity contribution in [1.29, 1.82) is 0 Å².